The minimum absolute atomic E-state index is 0.157. The number of nitrogens with zero attached hydrogens (tertiary/aromatic N) is 1. The van der Waals surface area contributed by atoms with E-state index < -0.39 is 13.1 Å². The summed E-state index contributed by atoms with van der Waals surface area (Å²) in [5, 5.41) is 9.53. The highest BCUT2D eigenvalue weighted by molar-refractivity contribution is 7.53. The van der Waals surface area contributed by atoms with Crippen LogP contribution in [-0.4, -0.2) is 36.8 Å². The fourth-order valence-corrected chi connectivity index (χ4v) is 4.51. The number of benzene rings is 1. The van der Waals surface area contributed by atoms with Crippen molar-refractivity contribution in [3.05, 3.63) is 35.4 Å². The van der Waals surface area contributed by atoms with Crippen molar-refractivity contribution >= 4 is 19.5 Å². The van der Waals surface area contributed by atoms with Gasteiger partial charge in [-0.3, -0.25) is 9.88 Å². The summed E-state index contributed by atoms with van der Waals surface area (Å²) < 4.78 is 23.3. The van der Waals surface area contributed by atoms with E-state index in [0.29, 0.717) is 25.5 Å². The first-order valence-electron chi connectivity index (χ1n) is 9.03. The molecule has 0 radical (unpaired) electrons. The van der Waals surface area contributed by atoms with Gasteiger partial charge in [-0.2, -0.15) is 0 Å². The highest BCUT2D eigenvalue weighted by atomic mass is 31.2. The first-order chi connectivity index (χ1) is 12.8. The van der Waals surface area contributed by atoms with Gasteiger partial charge in [-0.1, -0.05) is 35.0 Å². The van der Waals surface area contributed by atoms with E-state index in [4.69, 9.17) is 13.9 Å². The number of amides is 2. The molecule has 1 aromatic rings. The van der Waals surface area contributed by atoms with Gasteiger partial charge in [-0.25, -0.2) is 4.79 Å². The van der Waals surface area contributed by atoms with Crippen molar-refractivity contribution in [3.8, 4) is 0 Å². The third-order valence-electron chi connectivity index (χ3n) is 4.19. The Hall–Kier alpha value is -1.89. The van der Waals surface area contributed by atoms with Gasteiger partial charge in [0.25, 0.3) is 0 Å². The second-order valence-corrected chi connectivity index (χ2v) is 8.72. The lowest BCUT2D eigenvalue weighted by Gasteiger charge is -2.25. The molecule has 0 aliphatic carbocycles. The topological polar surface area (TPSA) is 98.2 Å². The zero-order valence-corrected chi connectivity index (χ0v) is 17.2. The van der Waals surface area contributed by atoms with E-state index in [1.54, 1.807) is 20.8 Å². The van der Waals surface area contributed by atoms with Crippen LogP contribution in [0.2, 0.25) is 0 Å². The Bertz CT molecular complexity index is 712. The van der Waals surface area contributed by atoms with E-state index in [0.717, 1.165) is 11.1 Å². The molecule has 2 rings (SSSR count). The third kappa shape index (κ3) is 6.06. The Balaban J connectivity index is 2.02. The van der Waals surface area contributed by atoms with Gasteiger partial charge in [-0.05, 0) is 39.7 Å². The number of nitrogens with one attached hydrogen (secondary N) is 2. The molecule has 1 aromatic carbocycles. The summed E-state index contributed by atoms with van der Waals surface area (Å²) >= 11 is 0. The number of carbonyl (C=O) groups excluding carboxylic acids is 1. The van der Waals surface area contributed by atoms with Crippen molar-refractivity contribution in [3.63, 3.8) is 0 Å². The first kappa shape index (κ1) is 21.4. The Morgan fingerprint density at radius 1 is 1.15 bits per heavy atom. The van der Waals surface area contributed by atoms with Crippen LogP contribution in [-0.2, 0) is 25.1 Å². The van der Waals surface area contributed by atoms with Crippen LogP contribution in [0, 0.1) is 6.92 Å². The molecule has 8 nitrogen and oxygen atoms in total. The molecule has 0 aromatic heterocycles. The largest absolute Gasteiger partial charge is 0.389 e. The van der Waals surface area contributed by atoms with Crippen LogP contribution in [0.25, 0.3) is 0 Å². The standard InChI is InChI=1S/C18H28N3O5P/c1-5-25-27(23,26-6-2)12-11-18(4)16(19-17(22)20-18)21-24-13-15-9-7-14(3)8-10-15/h7-10H,5-6,11-13H2,1-4H3,(H2,19,20,21,22). The lowest BCUT2D eigenvalue weighted by molar-refractivity contribution is 0.127. The molecule has 27 heavy (non-hydrogen) atoms. The average molecular weight is 397 g/mol. The summed E-state index contributed by atoms with van der Waals surface area (Å²) in [6.45, 7) is 8.20. The predicted molar refractivity (Wildman–Crippen MR) is 104 cm³/mol. The number of hydrogen-bond donors (Lipinski definition) is 2. The number of rotatable bonds is 10. The van der Waals surface area contributed by atoms with Crippen molar-refractivity contribution in [2.24, 2.45) is 5.16 Å². The molecule has 1 atom stereocenters. The van der Waals surface area contributed by atoms with Crippen LogP contribution in [0.5, 0.6) is 0 Å². The minimum atomic E-state index is -3.21. The van der Waals surface area contributed by atoms with Crippen LogP contribution in [0.1, 0.15) is 38.3 Å². The molecule has 2 amide bonds. The molecular formula is C18H28N3O5P. The lowest BCUT2D eigenvalue weighted by atomic mass is 9.99. The Morgan fingerprint density at radius 2 is 1.78 bits per heavy atom. The van der Waals surface area contributed by atoms with Gasteiger partial charge in [0.05, 0.1) is 19.4 Å². The van der Waals surface area contributed by atoms with Gasteiger partial charge >= 0.3 is 13.6 Å². The van der Waals surface area contributed by atoms with Crippen LogP contribution in [0.15, 0.2) is 29.4 Å². The molecule has 1 heterocycles. The number of hydrogen-bond acceptors (Lipinski definition) is 6. The first-order valence-corrected chi connectivity index (χ1v) is 10.8. The monoisotopic (exact) mass is 397 g/mol. The molecule has 1 unspecified atom stereocenters. The van der Waals surface area contributed by atoms with E-state index >= 15 is 0 Å². The van der Waals surface area contributed by atoms with E-state index in [-0.39, 0.29) is 18.8 Å². The Labute approximate surface area is 160 Å². The SMILES string of the molecule is CCOP(=O)(CCC1(C)NC(=O)N/C1=N\OCc1ccc(C)cc1)OCC. The van der Waals surface area contributed by atoms with Gasteiger partial charge in [0.2, 0.25) is 0 Å². The molecule has 0 spiro atoms. The summed E-state index contributed by atoms with van der Waals surface area (Å²) in [6.07, 6.45) is 0.486. The maximum absolute atomic E-state index is 12.7. The fraction of sp³-hybridized carbons (Fsp3) is 0.556. The molecule has 9 heteroatoms. The maximum atomic E-state index is 12.7. The van der Waals surface area contributed by atoms with Gasteiger partial charge in [-0.15, -0.1) is 0 Å². The van der Waals surface area contributed by atoms with Gasteiger partial charge in [0.15, 0.2) is 5.84 Å². The van der Waals surface area contributed by atoms with E-state index in [1.807, 2.05) is 31.2 Å². The van der Waals surface area contributed by atoms with Gasteiger partial charge < -0.3 is 19.2 Å². The van der Waals surface area contributed by atoms with Crippen molar-refractivity contribution in [1.29, 1.82) is 0 Å². The van der Waals surface area contributed by atoms with Crippen LogP contribution in [0.4, 0.5) is 4.79 Å². The van der Waals surface area contributed by atoms with Crippen LogP contribution in [0.3, 0.4) is 0 Å². The summed E-state index contributed by atoms with van der Waals surface area (Å²) in [6, 6.07) is 7.53. The maximum Gasteiger partial charge on any atom is 0.330 e. The number of aryl methyl sites for hydroxylation is 1. The Morgan fingerprint density at radius 3 is 2.37 bits per heavy atom. The lowest BCUT2D eigenvalue weighted by Crippen LogP contribution is -2.44. The smallest absolute Gasteiger partial charge is 0.330 e. The Kier molecular flexibility index (Phi) is 7.41. The van der Waals surface area contributed by atoms with Crippen LogP contribution >= 0.6 is 7.60 Å². The highest BCUT2D eigenvalue weighted by Crippen LogP contribution is 2.49. The zero-order chi connectivity index (χ0) is 19.9. The normalized spacial score (nSPS) is 21.2. The second kappa shape index (κ2) is 9.35. The second-order valence-electron chi connectivity index (χ2n) is 6.53. The number of carbonyl (C=O) groups is 1. The molecule has 1 saturated heterocycles. The number of urea groups is 1. The summed E-state index contributed by atoms with van der Waals surface area (Å²) in [4.78, 5) is 17.2. The fourth-order valence-electron chi connectivity index (χ4n) is 2.67. The van der Waals surface area contributed by atoms with Crippen molar-refractivity contribution in [2.75, 3.05) is 19.4 Å². The number of oxime groups is 1. The highest BCUT2D eigenvalue weighted by Gasteiger charge is 2.42. The molecule has 1 fully saturated rings. The van der Waals surface area contributed by atoms with Crippen LogP contribution < -0.4 is 10.6 Å². The van der Waals surface area contributed by atoms with Gasteiger partial charge in [0.1, 0.15) is 12.1 Å². The molecule has 1 aliphatic heterocycles. The minimum Gasteiger partial charge on any atom is -0.389 e. The van der Waals surface area contributed by atoms with Crippen molar-refractivity contribution in [2.45, 2.75) is 46.3 Å². The van der Waals surface area contributed by atoms with Gasteiger partial charge in [0, 0.05) is 0 Å². The molecule has 150 valence electrons. The van der Waals surface area contributed by atoms with Crippen molar-refractivity contribution < 1.29 is 23.2 Å². The number of amidine groups is 1. The third-order valence-corrected chi connectivity index (χ3v) is 6.26. The molecule has 2 N–H and O–H groups in total. The summed E-state index contributed by atoms with van der Waals surface area (Å²) in [5.74, 6) is 0.346. The molecule has 0 bridgehead atoms. The quantitative estimate of drug-likeness (QED) is 0.465. The average Bonchev–Trinajstić information content (AvgIpc) is 2.90. The predicted octanol–water partition coefficient (Wildman–Crippen LogP) is 3.55. The zero-order valence-electron chi connectivity index (χ0n) is 16.3. The van der Waals surface area contributed by atoms with E-state index in [1.165, 1.54) is 0 Å². The molecular weight excluding hydrogens is 369 g/mol. The summed E-state index contributed by atoms with van der Waals surface area (Å²) in [7, 11) is -3.21. The van der Waals surface area contributed by atoms with Crippen molar-refractivity contribution in [1.82, 2.24) is 10.6 Å². The summed E-state index contributed by atoms with van der Waals surface area (Å²) in [5.41, 5.74) is 1.30. The van der Waals surface area contributed by atoms with E-state index in [9.17, 15) is 9.36 Å². The molecule has 1 aliphatic rings. The van der Waals surface area contributed by atoms with E-state index in [2.05, 4.69) is 15.8 Å². The molecule has 0 saturated carbocycles.